The third-order valence-corrected chi connectivity index (χ3v) is 11.6. The topological polar surface area (TPSA) is 0 Å². The van der Waals surface area contributed by atoms with Gasteiger partial charge < -0.3 is 0 Å². The second-order valence-electron chi connectivity index (χ2n) is 11.6. The maximum atomic E-state index is 2.43. The Morgan fingerprint density at radius 2 is 0.886 bits per heavy atom. The molecule has 0 aliphatic heterocycles. The highest BCUT2D eigenvalue weighted by Crippen LogP contribution is 2.48. The van der Waals surface area contributed by atoms with Gasteiger partial charge in [-0.05, 0) is 78.8 Å². The van der Waals surface area contributed by atoms with Crippen LogP contribution in [0, 0.1) is 0 Å². The minimum atomic E-state index is 1.26. The van der Waals surface area contributed by atoms with E-state index in [0.717, 1.165) is 0 Å². The van der Waals surface area contributed by atoms with Crippen LogP contribution in [0.3, 0.4) is 0 Å². The Morgan fingerprint density at radius 3 is 1.61 bits per heavy atom. The van der Waals surface area contributed by atoms with E-state index < -0.39 is 0 Å². The number of fused-ring (bicyclic) bond motifs is 10. The van der Waals surface area contributed by atoms with Crippen molar-refractivity contribution >= 4 is 95.3 Å². The van der Waals surface area contributed by atoms with Gasteiger partial charge in [-0.25, -0.2) is 0 Å². The van der Waals surface area contributed by atoms with Gasteiger partial charge in [0.1, 0.15) is 0 Å². The zero-order valence-electron chi connectivity index (χ0n) is 23.7. The van der Waals surface area contributed by atoms with Crippen LogP contribution in [0.1, 0.15) is 0 Å². The maximum absolute atomic E-state index is 2.43. The van der Waals surface area contributed by atoms with Crippen molar-refractivity contribution in [2.45, 2.75) is 0 Å². The average molecular weight is 593 g/mol. The molecule has 0 radical (unpaired) electrons. The lowest BCUT2D eigenvalue weighted by Crippen LogP contribution is -1.90. The molecule has 0 fully saturated rings. The van der Waals surface area contributed by atoms with Gasteiger partial charge in [0.05, 0.1) is 0 Å². The van der Waals surface area contributed by atoms with Gasteiger partial charge in [-0.15, -0.1) is 22.7 Å². The molecule has 2 heterocycles. The zero-order chi connectivity index (χ0) is 28.8. The molecule has 0 nitrogen and oxygen atoms in total. The standard InChI is InChI=1S/C42H24S2/c1-2-10-26-23-27(18-17-25(26)9-1)39-30-12-3-5-14-32(30)40(33-15-6-4-13-31(33)39)28-19-20-35-38(24-28)43-37-22-21-34-29-11-7-8-16-36(29)44-42(34)41(35)37/h1-24H. The predicted octanol–water partition coefficient (Wildman–Crippen LogP) is 13.2. The molecule has 0 aliphatic rings. The summed E-state index contributed by atoms with van der Waals surface area (Å²) >= 11 is 3.84. The molecule has 0 aliphatic carbocycles. The lowest BCUT2D eigenvalue weighted by atomic mass is 9.85. The van der Waals surface area contributed by atoms with Crippen molar-refractivity contribution in [2.24, 2.45) is 0 Å². The molecule has 2 aromatic heterocycles. The first kappa shape index (κ1) is 24.4. The fourth-order valence-electron chi connectivity index (χ4n) is 7.29. The molecule has 0 N–H and O–H groups in total. The number of hydrogen-bond acceptors (Lipinski definition) is 2. The Bertz CT molecular complexity index is 2720. The van der Waals surface area contributed by atoms with Crippen molar-refractivity contribution in [3.05, 3.63) is 146 Å². The molecule has 44 heavy (non-hydrogen) atoms. The first-order chi connectivity index (χ1) is 21.8. The molecule has 0 saturated heterocycles. The van der Waals surface area contributed by atoms with Gasteiger partial charge in [0.2, 0.25) is 0 Å². The SMILES string of the molecule is c1ccc2cc(-c3c4ccccc4c(-c4ccc5c(c4)sc4ccc6c7ccccc7sc6c45)c4ccccc34)ccc2c1. The highest BCUT2D eigenvalue weighted by Gasteiger charge is 2.18. The summed E-state index contributed by atoms with van der Waals surface area (Å²) in [6, 6.07) is 54.0. The van der Waals surface area contributed by atoms with Gasteiger partial charge in [-0.2, -0.15) is 0 Å². The third-order valence-electron chi connectivity index (χ3n) is 9.24. The van der Waals surface area contributed by atoms with E-state index >= 15 is 0 Å². The van der Waals surface area contributed by atoms with Crippen LogP contribution in [0.5, 0.6) is 0 Å². The molecule has 0 bridgehead atoms. The number of thiophene rings is 2. The predicted molar refractivity (Wildman–Crippen MR) is 196 cm³/mol. The Balaban J connectivity index is 1.26. The fourth-order valence-corrected chi connectivity index (χ4v) is 9.78. The normalized spacial score (nSPS) is 12.1. The van der Waals surface area contributed by atoms with Crippen molar-refractivity contribution in [1.82, 2.24) is 0 Å². The summed E-state index contributed by atoms with van der Waals surface area (Å²) in [5.41, 5.74) is 5.15. The molecule has 204 valence electrons. The summed E-state index contributed by atoms with van der Waals surface area (Å²) in [6.07, 6.45) is 0. The molecular formula is C42H24S2. The van der Waals surface area contributed by atoms with Crippen LogP contribution < -0.4 is 0 Å². The number of hydrogen-bond donors (Lipinski definition) is 0. The number of rotatable bonds is 2. The highest BCUT2D eigenvalue weighted by atomic mass is 32.1. The molecule has 0 amide bonds. The molecule has 8 aromatic carbocycles. The lowest BCUT2D eigenvalue weighted by Gasteiger charge is -2.18. The summed E-state index contributed by atoms with van der Waals surface area (Å²) in [4.78, 5) is 0. The molecule has 0 atom stereocenters. The van der Waals surface area contributed by atoms with Crippen LogP contribution in [0.4, 0.5) is 0 Å². The van der Waals surface area contributed by atoms with E-state index in [1.807, 2.05) is 22.7 Å². The van der Waals surface area contributed by atoms with E-state index in [9.17, 15) is 0 Å². The number of benzene rings is 8. The molecular weight excluding hydrogens is 569 g/mol. The first-order valence-electron chi connectivity index (χ1n) is 15.0. The monoisotopic (exact) mass is 592 g/mol. The van der Waals surface area contributed by atoms with Gasteiger partial charge >= 0.3 is 0 Å². The van der Waals surface area contributed by atoms with Crippen LogP contribution in [0.2, 0.25) is 0 Å². The zero-order valence-corrected chi connectivity index (χ0v) is 25.3. The van der Waals surface area contributed by atoms with E-state index in [0.29, 0.717) is 0 Å². The Hall–Kier alpha value is -5.02. The van der Waals surface area contributed by atoms with Crippen molar-refractivity contribution in [3.8, 4) is 22.3 Å². The molecule has 0 saturated carbocycles. The average Bonchev–Trinajstić information content (AvgIpc) is 3.64. The molecule has 2 heteroatoms. The minimum Gasteiger partial charge on any atom is -0.135 e. The van der Waals surface area contributed by atoms with E-state index in [2.05, 4.69) is 146 Å². The van der Waals surface area contributed by atoms with Crippen LogP contribution in [-0.2, 0) is 0 Å². The Morgan fingerprint density at radius 1 is 0.318 bits per heavy atom. The first-order valence-corrected chi connectivity index (χ1v) is 16.6. The molecule has 10 aromatic rings. The van der Waals surface area contributed by atoms with Crippen LogP contribution in [0.25, 0.3) is 94.9 Å². The lowest BCUT2D eigenvalue weighted by molar-refractivity contribution is 1.69. The molecule has 10 rings (SSSR count). The maximum Gasteiger partial charge on any atom is 0.0448 e. The van der Waals surface area contributed by atoms with Crippen LogP contribution >= 0.6 is 22.7 Å². The molecule has 0 unspecified atom stereocenters. The summed E-state index contributed by atoms with van der Waals surface area (Å²) in [6.45, 7) is 0. The van der Waals surface area contributed by atoms with Gasteiger partial charge in [0.25, 0.3) is 0 Å². The van der Waals surface area contributed by atoms with Crippen LogP contribution in [0.15, 0.2) is 146 Å². The fraction of sp³-hybridized carbons (Fsp3) is 0. The van der Waals surface area contributed by atoms with Crippen molar-refractivity contribution in [1.29, 1.82) is 0 Å². The van der Waals surface area contributed by atoms with E-state index in [1.165, 1.54) is 94.9 Å². The van der Waals surface area contributed by atoms with Crippen LogP contribution in [-0.4, -0.2) is 0 Å². The summed E-state index contributed by atoms with van der Waals surface area (Å²) in [5, 5.41) is 13.2. The smallest absolute Gasteiger partial charge is 0.0448 e. The molecule has 0 spiro atoms. The van der Waals surface area contributed by atoms with Crippen molar-refractivity contribution in [2.75, 3.05) is 0 Å². The highest BCUT2D eigenvalue weighted by molar-refractivity contribution is 7.29. The summed E-state index contributed by atoms with van der Waals surface area (Å²) in [7, 11) is 0. The van der Waals surface area contributed by atoms with Gasteiger partial charge in [0.15, 0.2) is 0 Å². The quantitative estimate of drug-likeness (QED) is 0.175. The van der Waals surface area contributed by atoms with Crippen molar-refractivity contribution < 1.29 is 0 Å². The van der Waals surface area contributed by atoms with Gasteiger partial charge in [-0.3, -0.25) is 0 Å². The van der Waals surface area contributed by atoms with Crippen molar-refractivity contribution in [3.63, 3.8) is 0 Å². The Kier molecular flexibility index (Phi) is 5.13. The Labute approximate surface area is 262 Å². The minimum absolute atomic E-state index is 1.26. The second-order valence-corrected chi connectivity index (χ2v) is 13.8. The third kappa shape index (κ3) is 3.44. The van der Waals surface area contributed by atoms with E-state index in [-0.39, 0.29) is 0 Å². The second kappa shape index (κ2) is 9.24. The van der Waals surface area contributed by atoms with Gasteiger partial charge in [0, 0.05) is 40.3 Å². The summed E-state index contributed by atoms with van der Waals surface area (Å²) in [5.74, 6) is 0. The van der Waals surface area contributed by atoms with E-state index in [1.54, 1.807) is 0 Å². The largest absolute Gasteiger partial charge is 0.135 e. The summed E-state index contributed by atoms with van der Waals surface area (Å²) < 4.78 is 5.46. The van der Waals surface area contributed by atoms with E-state index in [4.69, 9.17) is 0 Å². The van der Waals surface area contributed by atoms with Gasteiger partial charge in [-0.1, -0.05) is 121 Å².